The average Bonchev–Trinajstić information content (AvgIpc) is 3.04. The molecule has 0 aliphatic carbocycles. The maximum atomic E-state index is 11.9. The Kier molecular flexibility index (Phi) is 3.93. The van der Waals surface area contributed by atoms with Crippen LogP contribution in [0.15, 0.2) is 34.1 Å². The Hall–Kier alpha value is -1.53. The minimum atomic E-state index is 0.0111. The zero-order chi connectivity index (χ0) is 13.9. The van der Waals surface area contributed by atoms with Gasteiger partial charge in [0.2, 0.25) is 12.7 Å². The summed E-state index contributed by atoms with van der Waals surface area (Å²) in [4.78, 5) is 12.9. The van der Waals surface area contributed by atoms with Gasteiger partial charge in [-0.2, -0.15) is 0 Å². The Morgan fingerprint density at radius 2 is 2.10 bits per heavy atom. The van der Waals surface area contributed by atoms with E-state index in [2.05, 4.69) is 21.2 Å². The molecule has 0 spiro atoms. The van der Waals surface area contributed by atoms with Gasteiger partial charge in [0.05, 0.1) is 10.2 Å². The standard InChI is InChI=1S/C14H12BrNO3S/c15-13-4-2-10(20-13)6-14(17)16-7-9-1-3-11-12(5-9)19-8-18-11/h1-5H,6-8H2,(H,16,17). The molecule has 3 rings (SSSR count). The smallest absolute Gasteiger partial charge is 0.231 e. The van der Waals surface area contributed by atoms with Gasteiger partial charge in [-0.15, -0.1) is 11.3 Å². The van der Waals surface area contributed by atoms with Gasteiger partial charge in [-0.1, -0.05) is 6.07 Å². The lowest BCUT2D eigenvalue weighted by Gasteiger charge is -2.05. The van der Waals surface area contributed by atoms with Crippen molar-refractivity contribution in [2.24, 2.45) is 0 Å². The first-order valence-electron chi connectivity index (χ1n) is 6.10. The highest BCUT2D eigenvalue weighted by Crippen LogP contribution is 2.32. The largest absolute Gasteiger partial charge is 0.454 e. The van der Waals surface area contributed by atoms with Crippen LogP contribution >= 0.6 is 27.3 Å². The summed E-state index contributed by atoms with van der Waals surface area (Å²) in [7, 11) is 0. The molecule has 1 N–H and O–H groups in total. The number of nitrogens with one attached hydrogen (secondary N) is 1. The van der Waals surface area contributed by atoms with Gasteiger partial charge in [-0.3, -0.25) is 4.79 Å². The number of carbonyl (C=O) groups is 1. The summed E-state index contributed by atoms with van der Waals surface area (Å²) >= 11 is 4.96. The first kappa shape index (κ1) is 13.5. The third-order valence-electron chi connectivity index (χ3n) is 2.89. The van der Waals surface area contributed by atoms with Crippen molar-refractivity contribution in [1.82, 2.24) is 5.32 Å². The number of halogens is 1. The molecule has 20 heavy (non-hydrogen) atoms. The molecule has 0 unspecified atom stereocenters. The zero-order valence-corrected chi connectivity index (χ0v) is 12.9. The van der Waals surface area contributed by atoms with Crippen LogP contribution in [0.25, 0.3) is 0 Å². The number of ether oxygens (including phenoxy) is 2. The van der Waals surface area contributed by atoms with Crippen LogP contribution in [0.4, 0.5) is 0 Å². The van der Waals surface area contributed by atoms with Crippen molar-refractivity contribution in [1.29, 1.82) is 0 Å². The lowest BCUT2D eigenvalue weighted by Crippen LogP contribution is -2.24. The maximum Gasteiger partial charge on any atom is 0.231 e. The topological polar surface area (TPSA) is 47.6 Å². The highest BCUT2D eigenvalue weighted by molar-refractivity contribution is 9.11. The number of hydrogen-bond acceptors (Lipinski definition) is 4. The molecular weight excluding hydrogens is 342 g/mol. The van der Waals surface area contributed by atoms with Gasteiger partial charge >= 0.3 is 0 Å². The number of thiophene rings is 1. The van der Waals surface area contributed by atoms with Gasteiger partial charge < -0.3 is 14.8 Å². The third-order valence-corrected chi connectivity index (χ3v) is 4.51. The summed E-state index contributed by atoms with van der Waals surface area (Å²) < 4.78 is 11.6. The van der Waals surface area contributed by atoms with Gasteiger partial charge in [-0.05, 0) is 45.8 Å². The van der Waals surface area contributed by atoms with Crippen molar-refractivity contribution in [2.75, 3.05) is 6.79 Å². The molecule has 104 valence electrons. The number of fused-ring (bicyclic) bond motifs is 1. The van der Waals surface area contributed by atoms with Gasteiger partial charge in [0.15, 0.2) is 11.5 Å². The highest BCUT2D eigenvalue weighted by Gasteiger charge is 2.13. The Morgan fingerprint density at radius 1 is 1.25 bits per heavy atom. The van der Waals surface area contributed by atoms with Gasteiger partial charge in [0.25, 0.3) is 0 Å². The summed E-state index contributed by atoms with van der Waals surface area (Å²) in [5, 5.41) is 2.90. The lowest BCUT2D eigenvalue weighted by molar-refractivity contribution is -0.120. The van der Waals surface area contributed by atoms with Crippen molar-refractivity contribution < 1.29 is 14.3 Å². The van der Waals surface area contributed by atoms with Crippen molar-refractivity contribution in [3.05, 3.63) is 44.6 Å². The van der Waals surface area contributed by atoms with Gasteiger partial charge in [0, 0.05) is 11.4 Å². The van der Waals surface area contributed by atoms with Crippen molar-refractivity contribution in [3.63, 3.8) is 0 Å². The summed E-state index contributed by atoms with van der Waals surface area (Å²) in [6, 6.07) is 9.58. The molecule has 1 aliphatic rings. The van der Waals surface area contributed by atoms with Crippen LogP contribution in [0, 0.1) is 0 Å². The number of benzene rings is 1. The Labute approximate surface area is 128 Å². The molecular formula is C14H12BrNO3S. The van der Waals surface area contributed by atoms with Crippen LogP contribution in [-0.2, 0) is 17.8 Å². The fraction of sp³-hybridized carbons (Fsp3) is 0.214. The van der Waals surface area contributed by atoms with E-state index in [9.17, 15) is 4.79 Å². The van der Waals surface area contributed by atoms with E-state index in [1.807, 2.05) is 30.3 Å². The molecule has 0 saturated heterocycles. The monoisotopic (exact) mass is 353 g/mol. The highest BCUT2D eigenvalue weighted by atomic mass is 79.9. The Balaban J connectivity index is 1.55. The summed E-state index contributed by atoms with van der Waals surface area (Å²) in [5.41, 5.74) is 0.995. The number of hydrogen-bond donors (Lipinski definition) is 1. The molecule has 6 heteroatoms. The Bertz CT molecular complexity index is 641. The van der Waals surface area contributed by atoms with E-state index in [0.29, 0.717) is 13.0 Å². The van der Waals surface area contributed by atoms with Crippen LogP contribution in [0.3, 0.4) is 0 Å². The summed E-state index contributed by atoms with van der Waals surface area (Å²) in [5.74, 6) is 1.50. The average molecular weight is 354 g/mol. The molecule has 2 heterocycles. The number of amides is 1. The second-order valence-electron chi connectivity index (χ2n) is 4.35. The minimum absolute atomic E-state index is 0.0111. The molecule has 4 nitrogen and oxygen atoms in total. The Morgan fingerprint density at radius 3 is 2.90 bits per heavy atom. The van der Waals surface area contributed by atoms with E-state index >= 15 is 0 Å². The van der Waals surface area contributed by atoms with E-state index in [4.69, 9.17) is 9.47 Å². The molecule has 1 aromatic carbocycles. The minimum Gasteiger partial charge on any atom is -0.454 e. The first-order chi connectivity index (χ1) is 9.70. The van der Waals surface area contributed by atoms with Gasteiger partial charge in [-0.25, -0.2) is 0 Å². The van der Waals surface area contributed by atoms with Crippen LogP contribution in [0.1, 0.15) is 10.4 Å². The molecule has 1 aliphatic heterocycles. The van der Waals surface area contributed by atoms with Crippen molar-refractivity contribution in [3.8, 4) is 11.5 Å². The SMILES string of the molecule is O=C(Cc1ccc(Br)s1)NCc1ccc2c(c1)OCO2. The molecule has 0 fully saturated rings. The predicted molar refractivity (Wildman–Crippen MR) is 80.1 cm³/mol. The van der Waals surface area contributed by atoms with E-state index in [1.54, 1.807) is 11.3 Å². The van der Waals surface area contributed by atoms with E-state index in [-0.39, 0.29) is 12.7 Å². The molecule has 0 bridgehead atoms. The lowest BCUT2D eigenvalue weighted by atomic mass is 10.2. The number of carbonyl (C=O) groups excluding carboxylic acids is 1. The van der Waals surface area contributed by atoms with E-state index in [1.165, 1.54) is 0 Å². The molecule has 0 saturated carbocycles. The van der Waals surface area contributed by atoms with E-state index < -0.39 is 0 Å². The summed E-state index contributed by atoms with van der Waals surface area (Å²) in [6.45, 7) is 0.750. The van der Waals surface area contributed by atoms with E-state index in [0.717, 1.165) is 25.7 Å². The third kappa shape index (κ3) is 3.13. The number of rotatable bonds is 4. The first-order valence-corrected chi connectivity index (χ1v) is 7.71. The molecule has 1 amide bonds. The second kappa shape index (κ2) is 5.85. The zero-order valence-electron chi connectivity index (χ0n) is 10.5. The molecule has 1 aromatic heterocycles. The quantitative estimate of drug-likeness (QED) is 0.918. The van der Waals surface area contributed by atoms with Crippen molar-refractivity contribution in [2.45, 2.75) is 13.0 Å². The van der Waals surface area contributed by atoms with Crippen molar-refractivity contribution >= 4 is 33.2 Å². The molecule has 2 aromatic rings. The van der Waals surface area contributed by atoms with Crippen LogP contribution in [0.5, 0.6) is 11.5 Å². The van der Waals surface area contributed by atoms with Gasteiger partial charge in [0.1, 0.15) is 0 Å². The normalized spacial score (nSPS) is 12.4. The summed E-state index contributed by atoms with van der Waals surface area (Å²) in [6.07, 6.45) is 0.404. The fourth-order valence-electron chi connectivity index (χ4n) is 1.92. The molecule has 0 atom stereocenters. The second-order valence-corrected chi connectivity index (χ2v) is 6.89. The fourth-order valence-corrected chi connectivity index (χ4v) is 3.40. The van der Waals surface area contributed by atoms with Crippen LogP contribution in [-0.4, -0.2) is 12.7 Å². The maximum absolute atomic E-state index is 11.9. The van der Waals surface area contributed by atoms with Crippen LogP contribution < -0.4 is 14.8 Å². The molecule has 0 radical (unpaired) electrons. The van der Waals surface area contributed by atoms with Crippen LogP contribution in [0.2, 0.25) is 0 Å². The predicted octanol–water partition coefficient (Wildman–Crippen LogP) is 3.10.